The lowest BCUT2D eigenvalue weighted by molar-refractivity contribution is 0.107. The predicted molar refractivity (Wildman–Crippen MR) is 101 cm³/mol. The summed E-state index contributed by atoms with van der Waals surface area (Å²) in [5.41, 5.74) is 1.66. The fourth-order valence-corrected chi connectivity index (χ4v) is 3.86. The Balaban J connectivity index is 1.65. The molecule has 2 aromatic rings. The molecule has 132 valence electrons. The summed E-state index contributed by atoms with van der Waals surface area (Å²) < 4.78 is 35.7. The molecule has 25 heavy (non-hydrogen) atoms. The van der Waals surface area contributed by atoms with Crippen LogP contribution >= 0.6 is 22.6 Å². The van der Waals surface area contributed by atoms with Crippen molar-refractivity contribution in [3.63, 3.8) is 0 Å². The zero-order valence-electron chi connectivity index (χ0n) is 13.4. The van der Waals surface area contributed by atoms with Gasteiger partial charge in [-0.2, -0.15) is 8.42 Å². The third-order valence-electron chi connectivity index (χ3n) is 3.71. The van der Waals surface area contributed by atoms with Gasteiger partial charge in [0.2, 0.25) is 0 Å². The van der Waals surface area contributed by atoms with Gasteiger partial charge in [-0.1, -0.05) is 23.8 Å². The lowest BCUT2D eigenvalue weighted by Crippen LogP contribution is -2.26. The summed E-state index contributed by atoms with van der Waals surface area (Å²) in [6.07, 6.45) is -1.16. The number of cyclic esters (lactones) is 1. The average molecular weight is 473 g/mol. The van der Waals surface area contributed by atoms with Crippen molar-refractivity contribution in [2.24, 2.45) is 0 Å². The Hall–Kier alpha value is -1.65. The number of nitrogens with zero attached hydrogens (tertiary/aromatic N) is 1. The van der Waals surface area contributed by atoms with Crippen LogP contribution < -0.4 is 4.90 Å². The Morgan fingerprint density at radius 2 is 1.96 bits per heavy atom. The number of ether oxygens (including phenoxy) is 1. The van der Waals surface area contributed by atoms with Crippen molar-refractivity contribution in [1.29, 1.82) is 0 Å². The van der Waals surface area contributed by atoms with Crippen molar-refractivity contribution in [2.45, 2.75) is 17.9 Å². The van der Waals surface area contributed by atoms with Crippen LogP contribution in [0.25, 0.3) is 0 Å². The van der Waals surface area contributed by atoms with E-state index in [9.17, 15) is 13.2 Å². The average Bonchev–Trinajstić information content (AvgIpc) is 2.94. The van der Waals surface area contributed by atoms with Crippen molar-refractivity contribution in [3.8, 4) is 0 Å². The lowest BCUT2D eigenvalue weighted by atomic mass is 10.2. The summed E-state index contributed by atoms with van der Waals surface area (Å²) in [4.78, 5) is 13.6. The number of carbonyl (C=O) groups is 1. The second-order valence-corrected chi connectivity index (χ2v) is 8.51. The Bertz CT molecular complexity index is 882. The number of aryl methyl sites for hydroxylation is 1. The van der Waals surface area contributed by atoms with E-state index in [0.29, 0.717) is 5.69 Å². The van der Waals surface area contributed by atoms with Crippen LogP contribution in [0.2, 0.25) is 0 Å². The minimum absolute atomic E-state index is 0.0805. The zero-order chi connectivity index (χ0) is 18.0. The molecule has 2 aromatic carbocycles. The summed E-state index contributed by atoms with van der Waals surface area (Å²) in [6, 6.07) is 13.8. The summed E-state index contributed by atoms with van der Waals surface area (Å²) in [6.45, 7) is 1.89. The van der Waals surface area contributed by atoms with E-state index in [0.717, 1.165) is 9.13 Å². The molecule has 0 saturated carbocycles. The highest BCUT2D eigenvalue weighted by Gasteiger charge is 2.33. The number of benzene rings is 2. The van der Waals surface area contributed by atoms with Crippen LogP contribution in [0.4, 0.5) is 10.5 Å². The maximum Gasteiger partial charge on any atom is 0.414 e. The van der Waals surface area contributed by atoms with Gasteiger partial charge in [-0.15, -0.1) is 0 Å². The molecule has 0 aromatic heterocycles. The zero-order valence-corrected chi connectivity index (χ0v) is 16.4. The highest BCUT2D eigenvalue weighted by molar-refractivity contribution is 14.1. The van der Waals surface area contributed by atoms with Crippen molar-refractivity contribution in [2.75, 3.05) is 18.1 Å². The smallest absolute Gasteiger partial charge is 0.414 e. The first-order chi connectivity index (χ1) is 11.8. The van der Waals surface area contributed by atoms with Crippen molar-refractivity contribution in [3.05, 3.63) is 57.7 Å². The maximum absolute atomic E-state index is 12.2. The van der Waals surface area contributed by atoms with Crippen LogP contribution in [-0.4, -0.2) is 33.8 Å². The van der Waals surface area contributed by atoms with Gasteiger partial charge in [0, 0.05) is 9.26 Å². The van der Waals surface area contributed by atoms with Crippen LogP contribution in [0.15, 0.2) is 53.4 Å². The normalized spacial score (nSPS) is 17.6. The number of carbonyl (C=O) groups excluding carboxylic acids is 1. The second-order valence-electron chi connectivity index (χ2n) is 5.65. The molecule has 0 radical (unpaired) electrons. The van der Waals surface area contributed by atoms with E-state index in [4.69, 9.17) is 8.92 Å². The number of hydrogen-bond acceptors (Lipinski definition) is 5. The molecule has 1 atom stereocenters. The monoisotopic (exact) mass is 473 g/mol. The summed E-state index contributed by atoms with van der Waals surface area (Å²) >= 11 is 2.16. The first kappa shape index (κ1) is 18.2. The molecule has 1 aliphatic heterocycles. The molecule has 6 nitrogen and oxygen atoms in total. The number of amides is 1. The number of rotatable bonds is 5. The molecule has 3 rings (SSSR count). The second kappa shape index (κ2) is 7.30. The molecule has 1 amide bonds. The fraction of sp³-hybridized carbons (Fsp3) is 0.235. The van der Waals surface area contributed by atoms with Crippen LogP contribution in [0.1, 0.15) is 5.56 Å². The molecule has 1 aliphatic rings. The molecule has 0 aliphatic carbocycles. The van der Waals surface area contributed by atoms with E-state index in [2.05, 4.69) is 22.6 Å². The highest BCUT2D eigenvalue weighted by Crippen LogP contribution is 2.24. The summed E-state index contributed by atoms with van der Waals surface area (Å²) in [7, 11) is -3.88. The quantitative estimate of drug-likeness (QED) is 0.492. The highest BCUT2D eigenvalue weighted by atomic mass is 127. The molecule has 8 heteroatoms. The molecule has 0 N–H and O–H groups in total. The SMILES string of the molecule is Cc1ccc(S(=O)(=O)OC[C@H]2CN(c3cccc(I)c3)C(=O)O2)cc1. The minimum atomic E-state index is -3.88. The Morgan fingerprint density at radius 3 is 2.64 bits per heavy atom. The standard InChI is InChI=1S/C17H16INO5S/c1-12-5-7-16(8-6-12)25(21,22)23-11-15-10-19(17(20)24-15)14-4-2-3-13(18)9-14/h2-9,15H,10-11H2,1H3/t15-/m1/s1. The van der Waals surface area contributed by atoms with Crippen molar-refractivity contribution < 1.29 is 22.1 Å². The molecular weight excluding hydrogens is 457 g/mol. The van der Waals surface area contributed by atoms with Gasteiger partial charge in [0.05, 0.1) is 11.4 Å². The van der Waals surface area contributed by atoms with Crippen molar-refractivity contribution >= 4 is 44.5 Å². The van der Waals surface area contributed by atoms with Crippen molar-refractivity contribution in [1.82, 2.24) is 0 Å². The predicted octanol–water partition coefficient (Wildman–Crippen LogP) is 3.33. The van der Waals surface area contributed by atoms with E-state index < -0.39 is 22.3 Å². The third-order valence-corrected chi connectivity index (χ3v) is 5.68. The van der Waals surface area contributed by atoms with Gasteiger partial charge < -0.3 is 4.74 Å². The van der Waals surface area contributed by atoms with E-state index in [1.54, 1.807) is 18.2 Å². The lowest BCUT2D eigenvalue weighted by Gasteiger charge is -2.13. The van der Waals surface area contributed by atoms with Crippen LogP contribution in [0.5, 0.6) is 0 Å². The maximum atomic E-state index is 12.2. The van der Waals surface area contributed by atoms with Gasteiger partial charge in [-0.25, -0.2) is 4.79 Å². The van der Waals surface area contributed by atoms with Gasteiger partial charge >= 0.3 is 6.09 Å². The van der Waals surface area contributed by atoms with E-state index in [1.807, 2.05) is 25.1 Å². The topological polar surface area (TPSA) is 72.9 Å². The van der Waals surface area contributed by atoms with Crippen LogP contribution in [-0.2, 0) is 19.0 Å². The number of halogens is 1. The molecule has 0 bridgehead atoms. The molecular formula is C17H16INO5S. The largest absolute Gasteiger partial charge is 0.441 e. The van der Waals surface area contributed by atoms with Gasteiger partial charge in [0.15, 0.2) is 0 Å². The first-order valence-electron chi connectivity index (χ1n) is 7.55. The van der Waals surface area contributed by atoms with E-state index in [1.165, 1.54) is 17.0 Å². The number of anilines is 1. The third kappa shape index (κ3) is 4.31. The Kier molecular flexibility index (Phi) is 5.30. The Morgan fingerprint density at radius 1 is 1.24 bits per heavy atom. The minimum Gasteiger partial charge on any atom is -0.441 e. The molecule has 0 spiro atoms. The van der Waals surface area contributed by atoms with Gasteiger partial charge in [0.25, 0.3) is 10.1 Å². The first-order valence-corrected chi connectivity index (χ1v) is 10.0. The van der Waals surface area contributed by atoms with E-state index >= 15 is 0 Å². The Labute approximate surface area is 160 Å². The molecule has 1 saturated heterocycles. The van der Waals surface area contributed by atoms with Gasteiger partial charge in [-0.05, 0) is 59.8 Å². The van der Waals surface area contributed by atoms with Gasteiger partial charge in [0.1, 0.15) is 12.7 Å². The van der Waals surface area contributed by atoms with Gasteiger partial charge in [-0.3, -0.25) is 9.08 Å². The fourth-order valence-electron chi connectivity index (χ4n) is 2.40. The van der Waals surface area contributed by atoms with Crippen LogP contribution in [0, 0.1) is 10.5 Å². The summed E-state index contributed by atoms with van der Waals surface area (Å²) in [5, 5.41) is 0. The number of hydrogen-bond donors (Lipinski definition) is 0. The summed E-state index contributed by atoms with van der Waals surface area (Å²) in [5.74, 6) is 0. The molecule has 0 unspecified atom stereocenters. The molecule has 1 fully saturated rings. The molecule has 1 heterocycles. The van der Waals surface area contributed by atoms with E-state index in [-0.39, 0.29) is 18.0 Å². The van der Waals surface area contributed by atoms with Crippen LogP contribution in [0.3, 0.4) is 0 Å².